The first-order valence-corrected chi connectivity index (χ1v) is 8.26. The molecule has 0 spiro atoms. The molecule has 0 aromatic carbocycles. The number of esters is 1. The molecule has 25 heavy (non-hydrogen) atoms. The van der Waals surface area contributed by atoms with Gasteiger partial charge in [0.15, 0.2) is 17.4 Å². The van der Waals surface area contributed by atoms with Crippen molar-refractivity contribution in [2.45, 2.75) is 45.4 Å². The minimum atomic E-state index is -0.0975. The number of carbonyl (C=O) groups is 1. The molecular weight excluding hydrogens is 326 g/mol. The predicted molar refractivity (Wildman–Crippen MR) is 102 cm³/mol. The molecule has 5 nitrogen and oxygen atoms in total. The molecule has 0 saturated heterocycles. The van der Waals surface area contributed by atoms with Crippen molar-refractivity contribution < 1.29 is 34.9 Å². The van der Waals surface area contributed by atoms with Crippen LogP contribution in [0.3, 0.4) is 0 Å². The van der Waals surface area contributed by atoms with Crippen molar-refractivity contribution >= 4 is 23.3 Å². The number of rotatable bonds is 9. The number of aliphatic hydroxyl groups is 1. The van der Waals surface area contributed by atoms with E-state index in [1.54, 1.807) is 0 Å². The summed E-state index contributed by atoms with van der Waals surface area (Å²) in [6.07, 6.45) is 12.7. The second kappa shape index (κ2) is 17.9. The number of hydrogen-bond donors (Lipinski definition) is 3. The third kappa shape index (κ3) is 14.0. The Morgan fingerprint density at radius 3 is 2.20 bits per heavy atom. The van der Waals surface area contributed by atoms with E-state index in [-0.39, 0.29) is 50.2 Å². The number of H-pyrrole nitrogens is 2. The fourth-order valence-electron chi connectivity index (χ4n) is 1.96. The molecule has 0 unspecified atom stereocenters. The number of ether oxygens (including phenoxy) is 1. The number of aromatic nitrogens is 2. The van der Waals surface area contributed by atoms with Crippen molar-refractivity contribution in [3.63, 3.8) is 0 Å². The predicted octanol–water partition coefficient (Wildman–Crippen LogP) is -0.837. The number of aryl methyl sites for hydroxylation is 2. The van der Waals surface area contributed by atoms with Gasteiger partial charge in [-0.3, -0.25) is 4.79 Å². The van der Waals surface area contributed by atoms with Crippen molar-refractivity contribution in [1.82, 2.24) is 9.97 Å². The quantitative estimate of drug-likeness (QED) is 0.311. The van der Waals surface area contributed by atoms with Crippen LogP contribution in [0.4, 0.5) is 0 Å². The number of nitrogens with one attached hydrogen (secondary N) is 2. The first-order valence-electron chi connectivity index (χ1n) is 8.26. The minimum Gasteiger partial charge on any atom is -1.00 e. The van der Waals surface area contributed by atoms with Crippen molar-refractivity contribution in [2.75, 3.05) is 13.2 Å². The molecule has 2 rings (SSSR count). The van der Waals surface area contributed by atoms with Gasteiger partial charge in [-0.25, -0.2) is 0 Å². The van der Waals surface area contributed by atoms with Crippen molar-refractivity contribution in [1.29, 1.82) is 0 Å². The van der Waals surface area contributed by atoms with Crippen LogP contribution in [0.5, 0.6) is 0 Å². The number of unbranched alkanes of at least 4 members (excludes halogenated alkanes) is 1. The molecule has 0 fully saturated rings. The average Bonchev–Trinajstić information content (AvgIpc) is 3.25. The molecule has 3 N–H and O–H groups in total. The molecule has 0 saturated carbocycles. The van der Waals surface area contributed by atoms with E-state index in [9.17, 15) is 4.79 Å². The zero-order valence-corrected chi connectivity index (χ0v) is 14.9. The second-order valence-corrected chi connectivity index (χ2v) is 5.34. The van der Waals surface area contributed by atoms with Crippen LogP contribution in [0, 0.1) is 0 Å². The molecule has 2 aromatic rings. The Bertz CT molecular complexity index is 511. The van der Waals surface area contributed by atoms with E-state index in [1.807, 2.05) is 36.9 Å². The van der Waals surface area contributed by atoms with Gasteiger partial charge in [-0.05, 0) is 48.9 Å². The molecule has 0 aliphatic rings. The Kier molecular flexibility index (Phi) is 18.9. The SMILES string of the molecule is CCCCOC(=O)CCc1cc[nH]c1.OCCCc1cc[nH]c1.[AlH3].[H-].[Li+]. The van der Waals surface area contributed by atoms with E-state index in [4.69, 9.17) is 9.84 Å². The fourth-order valence-corrected chi connectivity index (χ4v) is 1.96. The van der Waals surface area contributed by atoms with Crippen LogP contribution in [-0.2, 0) is 22.4 Å². The van der Waals surface area contributed by atoms with Gasteiger partial charge in [0, 0.05) is 37.8 Å². The van der Waals surface area contributed by atoms with Gasteiger partial charge >= 0.3 is 24.8 Å². The van der Waals surface area contributed by atoms with E-state index < -0.39 is 0 Å². The van der Waals surface area contributed by atoms with E-state index in [0.717, 1.165) is 37.7 Å². The molecule has 0 aliphatic carbocycles. The van der Waals surface area contributed by atoms with Crippen LogP contribution in [0.25, 0.3) is 0 Å². The van der Waals surface area contributed by atoms with Gasteiger partial charge in [0.05, 0.1) is 6.61 Å². The van der Waals surface area contributed by atoms with Gasteiger partial charge in [0.2, 0.25) is 0 Å². The smallest absolute Gasteiger partial charge is 1.00 e. The molecule has 0 radical (unpaired) electrons. The van der Waals surface area contributed by atoms with E-state index in [0.29, 0.717) is 13.0 Å². The number of aliphatic hydroxyl groups excluding tert-OH is 1. The maximum Gasteiger partial charge on any atom is 1.00 e. The molecule has 0 bridgehead atoms. The third-order valence-corrected chi connectivity index (χ3v) is 3.33. The summed E-state index contributed by atoms with van der Waals surface area (Å²) >= 11 is 0. The normalized spacial score (nSPS) is 9.20. The topological polar surface area (TPSA) is 78.1 Å². The Morgan fingerprint density at radius 1 is 1.12 bits per heavy atom. The van der Waals surface area contributed by atoms with Crippen molar-refractivity contribution in [3.05, 3.63) is 48.0 Å². The zero-order valence-electron chi connectivity index (χ0n) is 15.9. The zero-order chi connectivity index (χ0) is 16.8. The van der Waals surface area contributed by atoms with Crippen LogP contribution in [0.2, 0.25) is 0 Å². The standard InChI is InChI=1S/C11H17NO2.C7H11NO.Al.Li.4H/c1-2-3-8-14-11(13)5-4-10-6-7-12-9-10;9-5-1-2-7-3-4-8-6-7;;;;;;/h6-7,9,12H,2-5,8H2,1H3;3-4,6,8-9H,1-2,5H2;;;;;;/q;;;+1;;;;-1. The molecule has 2 heterocycles. The second-order valence-electron chi connectivity index (χ2n) is 5.34. The molecule has 7 heteroatoms. The Morgan fingerprint density at radius 2 is 1.72 bits per heavy atom. The van der Waals surface area contributed by atoms with Gasteiger partial charge in [-0.15, -0.1) is 0 Å². The average molecular weight is 358 g/mol. The molecule has 0 atom stereocenters. The Balaban J connectivity index is -0.000000390. The van der Waals surface area contributed by atoms with Crippen molar-refractivity contribution in [3.8, 4) is 0 Å². The van der Waals surface area contributed by atoms with Crippen LogP contribution in [-0.4, -0.2) is 51.6 Å². The molecule has 2 aromatic heterocycles. The molecular formula is C18H32AlLiN2O3. The monoisotopic (exact) mass is 358 g/mol. The number of carbonyl (C=O) groups excluding carboxylic acids is 1. The molecule has 136 valence electrons. The van der Waals surface area contributed by atoms with Crippen LogP contribution in [0.1, 0.15) is 45.2 Å². The van der Waals surface area contributed by atoms with Gasteiger partial charge in [-0.2, -0.15) is 0 Å². The first-order chi connectivity index (χ1) is 11.3. The summed E-state index contributed by atoms with van der Waals surface area (Å²) in [4.78, 5) is 17.1. The summed E-state index contributed by atoms with van der Waals surface area (Å²) in [6, 6.07) is 4.00. The fraction of sp³-hybridized carbons (Fsp3) is 0.500. The van der Waals surface area contributed by atoms with E-state index in [1.165, 1.54) is 5.56 Å². The van der Waals surface area contributed by atoms with E-state index >= 15 is 0 Å². The summed E-state index contributed by atoms with van der Waals surface area (Å²) in [6.45, 7) is 2.92. The van der Waals surface area contributed by atoms with Gasteiger partial charge in [-0.1, -0.05) is 13.3 Å². The first kappa shape index (κ1) is 26.3. The third-order valence-electron chi connectivity index (χ3n) is 3.33. The van der Waals surface area contributed by atoms with Crippen molar-refractivity contribution in [2.24, 2.45) is 0 Å². The summed E-state index contributed by atoms with van der Waals surface area (Å²) in [5.41, 5.74) is 2.42. The van der Waals surface area contributed by atoms with Gasteiger partial charge < -0.3 is 21.2 Å². The van der Waals surface area contributed by atoms with Gasteiger partial charge in [0.1, 0.15) is 0 Å². The van der Waals surface area contributed by atoms with E-state index in [2.05, 4.69) is 16.9 Å². The van der Waals surface area contributed by atoms with Gasteiger partial charge in [0.25, 0.3) is 0 Å². The molecule has 0 aliphatic heterocycles. The maximum absolute atomic E-state index is 11.2. The van der Waals surface area contributed by atoms with Crippen LogP contribution < -0.4 is 18.9 Å². The largest absolute Gasteiger partial charge is 1.00 e. The Labute approximate surface area is 174 Å². The summed E-state index contributed by atoms with van der Waals surface area (Å²) in [5, 5.41) is 8.45. The summed E-state index contributed by atoms with van der Waals surface area (Å²) in [5.74, 6) is -0.0975. The maximum atomic E-state index is 11.2. The van der Waals surface area contributed by atoms with Crippen LogP contribution >= 0.6 is 0 Å². The number of aromatic amines is 2. The summed E-state index contributed by atoms with van der Waals surface area (Å²) in [7, 11) is 0. The minimum absolute atomic E-state index is 0. The number of hydrogen-bond acceptors (Lipinski definition) is 3. The molecule has 0 amide bonds. The summed E-state index contributed by atoms with van der Waals surface area (Å²) < 4.78 is 5.03. The Hall–Kier alpha value is -0.880. The van der Waals surface area contributed by atoms with Crippen LogP contribution in [0.15, 0.2) is 36.9 Å².